The van der Waals surface area contributed by atoms with Crippen molar-refractivity contribution in [3.8, 4) is 0 Å². The molecule has 2 heteroatoms. The van der Waals surface area contributed by atoms with E-state index in [-0.39, 0.29) is 6.10 Å². The van der Waals surface area contributed by atoms with Gasteiger partial charge in [-0.05, 0) is 12.3 Å². The molecule has 1 aliphatic rings. The van der Waals surface area contributed by atoms with Crippen LogP contribution in [0.1, 0.15) is 45.4 Å². The van der Waals surface area contributed by atoms with Gasteiger partial charge in [-0.25, -0.2) is 0 Å². The van der Waals surface area contributed by atoms with Crippen LogP contribution < -0.4 is 0 Å². The Morgan fingerprint density at radius 2 is 2.23 bits per heavy atom. The molecule has 0 aromatic carbocycles. The number of carbonyl (C=O) groups excluding carboxylic acids is 1. The molecule has 0 aromatic heterocycles. The van der Waals surface area contributed by atoms with Crippen LogP contribution in [0.5, 0.6) is 0 Å². The molecule has 2 nitrogen and oxygen atoms in total. The van der Waals surface area contributed by atoms with Crippen molar-refractivity contribution in [3.05, 3.63) is 0 Å². The second kappa shape index (κ2) is 5.38. The summed E-state index contributed by atoms with van der Waals surface area (Å²) in [5, 5.41) is 0. The number of methoxy groups -OCH3 is 1. The number of hydrogen-bond donors (Lipinski definition) is 0. The molecular weight excluding hydrogens is 164 g/mol. The number of ether oxygens (including phenoxy) is 1. The highest BCUT2D eigenvalue weighted by Crippen LogP contribution is 2.30. The van der Waals surface area contributed by atoms with Crippen LogP contribution in [0.25, 0.3) is 0 Å². The third-order valence-corrected chi connectivity index (χ3v) is 2.91. The van der Waals surface area contributed by atoms with Crippen molar-refractivity contribution in [1.29, 1.82) is 0 Å². The summed E-state index contributed by atoms with van der Waals surface area (Å²) in [7, 11) is 1.64. The van der Waals surface area contributed by atoms with Crippen molar-refractivity contribution in [2.75, 3.05) is 7.11 Å². The van der Waals surface area contributed by atoms with E-state index < -0.39 is 0 Å². The Balaban J connectivity index is 2.25. The predicted octanol–water partition coefficient (Wildman–Crippen LogP) is 2.56. The highest BCUT2D eigenvalue weighted by molar-refractivity contribution is 5.83. The molecule has 0 bridgehead atoms. The zero-order valence-corrected chi connectivity index (χ0v) is 8.71. The van der Waals surface area contributed by atoms with E-state index in [9.17, 15) is 4.79 Å². The molecular formula is C11H20O2. The quantitative estimate of drug-likeness (QED) is 0.634. The molecule has 1 aliphatic carbocycles. The second-order valence-electron chi connectivity index (χ2n) is 3.98. The third kappa shape index (κ3) is 3.11. The molecule has 0 radical (unpaired) electrons. The Bertz CT molecular complexity index is 161. The summed E-state index contributed by atoms with van der Waals surface area (Å²) in [5.41, 5.74) is 0. The Morgan fingerprint density at radius 3 is 2.62 bits per heavy atom. The van der Waals surface area contributed by atoms with E-state index in [0.717, 1.165) is 19.3 Å². The Kier molecular flexibility index (Phi) is 4.43. The second-order valence-corrected chi connectivity index (χ2v) is 3.98. The average molecular weight is 184 g/mol. The first kappa shape index (κ1) is 10.7. The summed E-state index contributed by atoms with van der Waals surface area (Å²) in [6.07, 6.45) is 6.31. The molecule has 0 amide bonds. The highest BCUT2D eigenvalue weighted by Gasteiger charge is 2.24. The van der Waals surface area contributed by atoms with Crippen LogP contribution in [0.4, 0.5) is 0 Å². The van der Waals surface area contributed by atoms with E-state index in [2.05, 4.69) is 6.92 Å². The molecule has 0 spiro atoms. The first-order chi connectivity index (χ1) is 6.27. The maximum atomic E-state index is 11.6. The molecule has 13 heavy (non-hydrogen) atoms. The van der Waals surface area contributed by atoms with Crippen molar-refractivity contribution < 1.29 is 9.53 Å². The van der Waals surface area contributed by atoms with E-state index in [4.69, 9.17) is 4.74 Å². The van der Waals surface area contributed by atoms with E-state index in [1.54, 1.807) is 7.11 Å². The largest absolute Gasteiger partial charge is 0.374 e. The van der Waals surface area contributed by atoms with Gasteiger partial charge in [0.05, 0.1) is 0 Å². The Morgan fingerprint density at radius 1 is 1.54 bits per heavy atom. The lowest BCUT2D eigenvalue weighted by Crippen LogP contribution is -2.27. The van der Waals surface area contributed by atoms with Gasteiger partial charge >= 0.3 is 0 Å². The van der Waals surface area contributed by atoms with Crippen molar-refractivity contribution in [2.45, 2.75) is 51.6 Å². The van der Waals surface area contributed by atoms with Gasteiger partial charge in [-0.3, -0.25) is 4.79 Å². The highest BCUT2D eigenvalue weighted by atomic mass is 16.5. The minimum absolute atomic E-state index is 0.134. The smallest absolute Gasteiger partial charge is 0.161 e. The Labute approximate surface area is 80.7 Å². The van der Waals surface area contributed by atoms with Gasteiger partial charge in [0.1, 0.15) is 6.10 Å². The van der Waals surface area contributed by atoms with E-state index in [1.165, 1.54) is 19.3 Å². The zero-order chi connectivity index (χ0) is 9.68. The minimum Gasteiger partial charge on any atom is -0.374 e. The summed E-state index contributed by atoms with van der Waals surface area (Å²) < 4.78 is 5.17. The molecule has 76 valence electrons. The van der Waals surface area contributed by atoms with Gasteiger partial charge in [0.2, 0.25) is 0 Å². The van der Waals surface area contributed by atoms with Gasteiger partial charge < -0.3 is 4.74 Å². The normalized spacial score (nSPS) is 19.5. The number of rotatable bonds is 6. The lowest BCUT2D eigenvalue weighted by molar-refractivity contribution is -0.130. The van der Waals surface area contributed by atoms with Gasteiger partial charge in [0.15, 0.2) is 5.78 Å². The first-order valence-electron chi connectivity index (χ1n) is 5.33. The first-order valence-corrected chi connectivity index (χ1v) is 5.33. The van der Waals surface area contributed by atoms with Crippen LogP contribution in [0.15, 0.2) is 0 Å². The lowest BCUT2D eigenvalue weighted by atomic mass is 9.81. The van der Waals surface area contributed by atoms with Crippen LogP contribution in [0.3, 0.4) is 0 Å². The zero-order valence-electron chi connectivity index (χ0n) is 8.71. The van der Waals surface area contributed by atoms with Crippen molar-refractivity contribution in [1.82, 2.24) is 0 Å². The summed E-state index contributed by atoms with van der Waals surface area (Å²) in [4.78, 5) is 11.6. The molecule has 1 fully saturated rings. The minimum atomic E-state index is -0.134. The van der Waals surface area contributed by atoms with E-state index in [0.29, 0.717) is 11.7 Å². The van der Waals surface area contributed by atoms with Gasteiger partial charge in [0.25, 0.3) is 0 Å². The summed E-state index contributed by atoms with van der Waals surface area (Å²) in [6, 6.07) is 0. The summed E-state index contributed by atoms with van der Waals surface area (Å²) >= 11 is 0. The monoisotopic (exact) mass is 184 g/mol. The van der Waals surface area contributed by atoms with Crippen molar-refractivity contribution in [2.24, 2.45) is 5.92 Å². The SMILES string of the molecule is CCCC(OC)C(=O)CC1CCC1. The van der Waals surface area contributed by atoms with Crippen molar-refractivity contribution in [3.63, 3.8) is 0 Å². The molecule has 0 N–H and O–H groups in total. The van der Waals surface area contributed by atoms with Crippen molar-refractivity contribution >= 4 is 5.78 Å². The molecule has 0 aliphatic heterocycles. The fourth-order valence-corrected chi connectivity index (χ4v) is 1.79. The molecule has 1 saturated carbocycles. The van der Waals surface area contributed by atoms with E-state index >= 15 is 0 Å². The summed E-state index contributed by atoms with van der Waals surface area (Å²) in [5.74, 6) is 0.982. The number of hydrogen-bond acceptors (Lipinski definition) is 2. The molecule has 1 unspecified atom stereocenters. The van der Waals surface area contributed by atoms with Crippen LogP contribution in [-0.2, 0) is 9.53 Å². The van der Waals surface area contributed by atoms with Gasteiger partial charge in [0, 0.05) is 13.5 Å². The molecule has 0 saturated heterocycles. The summed E-state index contributed by atoms with van der Waals surface area (Å²) in [6.45, 7) is 2.09. The van der Waals surface area contributed by atoms with Crippen LogP contribution >= 0.6 is 0 Å². The van der Waals surface area contributed by atoms with Crippen LogP contribution in [-0.4, -0.2) is 19.0 Å². The fourth-order valence-electron chi connectivity index (χ4n) is 1.79. The molecule has 1 atom stereocenters. The number of ketones is 1. The average Bonchev–Trinajstić information content (AvgIpc) is 2.07. The van der Waals surface area contributed by atoms with Gasteiger partial charge in [-0.15, -0.1) is 0 Å². The van der Waals surface area contributed by atoms with Crippen LogP contribution in [0, 0.1) is 5.92 Å². The predicted molar refractivity (Wildman–Crippen MR) is 52.7 cm³/mol. The standard InChI is InChI=1S/C11H20O2/c1-3-5-11(13-2)10(12)8-9-6-4-7-9/h9,11H,3-8H2,1-2H3. The van der Waals surface area contributed by atoms with E-state index in [1.807, 2.05) is 0 Å². The number of Topliss-reactive ketones (excluding diaryl/α,β-unsaturated/α-hetero) is 1. The number of carbonyl (C=O) groups is 1. The lowest BCUT2D eigenvalue weighted by Gasteiger charge is -2.26. The maximum absolute atomic E-state index is 11.6. The maximum Gasteiger partial charge on any atom is 0.161 e. The fraction of sp³-hybridized carbons (Fsp3) is 0.909. The van der Waals surface area contributed by atoms with Gasteiger partial charge in [-0.1, -0.05) is 32.6 Å². The molecule has 1 rings (SSSR count). The Hall–Kier alpha value is -0.370. The topological polar surface area (TPSA) is 26.3 Å². The molecule has 0 aromatic rings. The third-order valence-electron chi connectivity index (χ3n) is 2.91. The molecule has 0 heterocycles. The van der Waals surface area contributed by atoms with Crippen LogP contribution in [0.2, 0.25) is 0 Å². The van der Waals surface area contributed by atoms with Gasteiger partial charge in [-0.2, -0.15) is 0 Å².